The third-order valence-corrected chi connectivity index (χ3v) is 5.35. The topological polar surface area (TPSA) is 65.9 Å². The van der Waals surface area contributed by atoms with Crippen LogP contribution < -0.4 is 15.4 Å². The van der Waals surface area contributed by atoms with E-state index in [2.05, 4.69) is 23.6 Å². The Bertz CT molecular complexity index is 548. The van der Waals surface area contributed by atoms with E-state index in [1.54, 1.807) is 7.11 Å². The fourth-order valence-electron chi connectivity index (χ4n) is 3.84. The van der Waals surface area contributed by atoms with Crippen molar-refractivity contribution in [3.63, 3.8) is 0 Å². The molecule has 5 heteroatoms. The minimum atomic E-state index is 0.179. The molecule has 0 aromatic heterocycles. The van der Waals surface area contributed by atoms with E-state index in [1.807, 2.05) is 18.2 Å². The molecule has 0 heterocycles. The first kappa shape index (κ1) is 20.6. The van der Waals surface area contributed by atoms with Crippen molar-refractivity contribution in [1.82, 2.24) is 10.6 Å². The highest BCUT2D eigenvalue weighted by atomic mass is 16.5. The van der Waals surface area contributed by atoms with Gasteiger partial charge >= 0.3 is 0 Å². The van der Waals surface area contributed by atoms with Crippen molar-refractivity contribution in [2.45, 2.75) is 51.9 Å². The summed E-state index contributed by atoms with van der Waals surface area (Å²) in [6.45, 7) is 4.78. The maximum atomic E-state index is 9.48. The summed E-state index contributed by atoms with van der Waals surface area (Å²) in [6, 6.07) is 8.13. The first-order chi connectivity index (χ1) is 12.7. The van der Waals surface area contributed by atoms with E-state index < -0.39 is 0 Å². The van der Waals surface area contributed by atoms with Crippen molar-refractivity contribution < 1.29 is 9.84 Å². The maximum absolute atomic E-state index is 9.48. The highest BCUT2D eigenvalue weighted by molar-refractivity contribution is 5.79. The molecule has 0 aliphatic heterocycles. The molecule has 146 valence electrons. The largest absolute Gasteiger partial charge is 0.496 e. The summed E-state index contributed by atoms with van der Waals surface area (Å²) in [5.74, 6) is 1.80. The number of benzene rings is 1. The van der Waals surface area contributed by atoms with Gasteiger partial charge in [-0.15, -0.1) is 0 Å². The monoisotopic (exact) mass is 361 g/mol. The fraction of sp³-hybridized carbons (Fsp3) is 0.667. The molecule has 1 fully saturated rings. The lowest BCUT2D eigenvalue weighted by molar-refractivity contribution is 0.137. The summed E-state index contributed by atoms with van der Waals surface area (Å²) in [7, 11) is 1.71. The Morgan fingerprint density at radius 1 is 1.19 bits per heavy atom. The highest BCUT2D eigenvalue weighted by Gasteiger charge is 2.31. The molecular formula is C21H35N3O2. The van der Waals surface area contributed by atoms with Gasteiger partial charge in [0.05, 0.1) is 7.11 Å². The van der Waals surface area contributed by atoms with Crippen LogP contribution in [0.25, 0.3) is 0 Å². The number of nitrogens with zero attached hydrogens (tertiary/aromatic N) is 1. The van der Waals surface area contributed by atoms with Gasteiger partial charge in [-0.3, -0.25) is 4.99 Å². The Balaban J connectivity index is 1.93. The van der Waals surface area contributed by atoms with Crippen molar-refractivity contribution in [2.75, 3.05) is 33.4 Å². The summed E-state index contributed by atoms with van der Waals surface area (Å²) in [5.41, 5.74) is 1.38. The molecule has 0 amide bonds. The fourth-order valence-corrected chi connectivity index (χ4v) is 3.84. The molecule has 26 heavy (non-hydrogen) atoms. The molecule has 0 unspecified atom stereocenters. The molecule has 0 spiro atoms. The van der Waals surface area contributed by atoms with E-state index in [4.69, 9.17) is 9.73 Å². The predicted octanol–water partition coefficient (Wildman–Crippen LogP) is 3.13. The summed E-state index contributed by atoms with van der Waals surface area (Å²) in [5, 5.41) is 16.3. The van der Waals surface area contributed by atoms with Crippen LogP contribution in [-0.2, 0) is 6.42 Å². The number of para-hydroxylation sites is 1. The van der Waals surface area contributed by atoms with Crippen LogP contribution in [0.2, 0.25) is 0 Å². The normalized spacial score (nSPS) is 17.0. The number of aliphatic hydroxyl groups excluding tert-OH is 1. The van der Waals surface area contributed by atoms with Gasteiger partial charge < -0.3 is 20.5 Å². The number of rotatable bonds is 9. The molecular weight excluding hydrogens is 326 g/mol. The smallest absolute Gasteiger partial charge is 0.191 e. The van der Waals surface area contributed by atoms with Crippen LogP contribution in [0.5, 0.6) is 5.75 Å². The van der Waals surface area contributed by atoms with E-state index in [1.165, 1.54) is 37.7 Å². The molecule has 1 aliphatic carbocycles. The van der Waals surface area contributed by atoms with Crippen molar-refractivity contribution in [3.05, 3.63) is 29.8 Å². The summed E-state index contributed by atoms with van der Waals surface area (Å²) < 4.78 is 5.42. The minimum absolute atomic E-state index is 0.179. The SMILES string of the molecule is CCNC(=NCC1(CCO)CCCCC1)NCCc1ccccc1OC. The molecule has 0 radical (unpaired) electrons. The van der Waals surface area contributed by atoms with E-state index in [0.29, 0.717) is 0 Å². The van der Waals surface area contributed by atoms with Gasteiger partial charge in [0.15, 0.2) is 5.96 Å². The molecule has 2 rings (SSSR count). The van der Waals surface area contributed by atoms with Crippen LogP contribution in [0.3, 0.4) is 0 Å². The number of hydrogen-bond donors (Lipinski definition) is 3. The van der Waals surface area contributed by atoms with Gasteiger partial charge in [-0.05, 0) is 49.7 Å². The average molecular weight is 362 g/mol. The summed E-state index contributed by atoms with van der Waals surface area (Å²) in [4.78, 5) is 4.85. The standard InChI is InChI=1S/C21H35N3O2/c1-3-22-20(23-15-11-18-9-5-6-10-19(18)26-2)24-17-21(14-16-25)12-7-4-8-13-21/h5-6,9-10,25H,3-4,7-8,11-17H2,1-2H3,(H2,22,23,24). The number of nitrogens with one attached hydrogen (secondary N) is 2. The van der Waals surface area contributed by atoms with Crippen LogP contribution in [0.1, 0.15) is 51.0 Å². The van der Waals surface area contributed by atoms with Crippen LogP contribution >= 0.6 is 0 Å². The molecule has 5 nitrogen and oxygen atoms in total. The van der Waals surface area contributed by atoms with Crippen molar-refractivity contribution in [3.8, 4) is 5.75 Å². The molecule has 0 atom stereocenters. The third-order valence-electron chi connectivity index (χ3n) is 5.35. The van der Waals surface area contributed by atoms with Gasteiger partial charge in [-0.1, -0.05) is 37.5 Å². The molecule has 1 saturated carbocycles. The van der Waals surface area contributed by atoms with Gasteiger partial charge in [0.2, 0.25) is 0 Å². The zero-order chi connectivity index (χ0) is 18.7. The van der Waals surface area contributed by atoms with Gasteiger partial charge in [0, 0.05) is 26.2 Å². The Labute approximate surface area is 158 Å². The second-order valence-electron chi connectivity index (χ2n) is 7.22. The van der Waals surface area contributed by atoms with E-state index >= 15 is 0 Å². The zero-order valence-corrected chi connectivity index (χ0v) is 16.4. The first-order valence-corrected chi connectivity index (χ1v) is 9.98. The number of aliphatic imine (C=N–C) groups is 1. The number of methoxy groups -OCH3 is 1. The second-order valence-corrected chi connectivity index (χ2v) is 7.22. The number of hydrogen-bond acceptors (Lipinski definition) is 3. The van der Waals surface area contributed by atoms with Crippen molar-refractivity contribution >= 4 is 5.96 Å². The van der Waals surface area contributed by atoms with E-state index in [-0.39, 0.29) is 12.0 Å². The molecule has 1 aliphatic rings. The van der Waals surface area contributed by atoms with Crippen LogP contribution in [0, 0.1) is 5.41 Å². The van der Waals surface area contributed by atoms with Crippen molar-refractivity contribution in [1.29, 1.82) is 0 Å². The molecule has 3 N–H and O–H groups in total. The Kier molecular flexibility index (Phi) is 8.75. The van der Waals surface area contributed by atoms with Crippen molar-refractivity contribution in [2.24, 2.45) is 10.4 Å². The number of guanidine groups is 1. The lowest BCUT2D eigenvalue weighted by atomic mass is 9.72. The maximum Gasteiger partial charge on any atom is 0.191 e. The summed E-state index contributed by atoms with van der Waals surface area (Å²) in [6.07, 6.45) is 7.93. The Morgan fingerprint density at radius 3 is 2.65 bits per heavy atom. The first-order valence-electron chi connectivity index (χ1n) is 9.98. The lowest BCUT2D eigenvalue weighted by Gasteiger charge is -2.35. The predicted molar refractivity (Wildman–Crippen MR) is 108 cm³/mol. The van der Waals surface area contributed by atoms with Gasteiger partial charge in [0.1, 0.15) is 5.75 Å². The highest BCUT2D eigenvalue weighted by Crippen LogP contribution is 2.39. The quantitative estimate of drug-likeness (QED) is 0.467. The molecule has 0 saturated heterocycles. The Hall–Kier alpha value is -1.75. The van der Waals surface area contributed by atoms with Gasteiger partial charge in [-0.25, -0.2) is 0 Å². The average Bonchev–Trinajstić information content (AvgIpc) is 2.67. The zero-order valence-electron chi connectivity index (χ0n) is 16.4. The van der Waals surface area contributed by atoms with Crippen LogP contribution in [-0.4, -0.2) is 44.4 Å². The molecule has 1 aromatic carbocycles. The van der Waals surface area contributed by atoms with Gasteiger partial charge in [0.25, 0.3) is 0 Å². The summed E-state index contributed by atoms with van der Waals surface area (Å²) >= 11 is 0. The minimum Gasteiger partial charge on any atom is -0.496 e. The molecule has 1 aromatic rings. The van der Waals surface area contributed by atoms with Gasteiger partial charge in [-0.2, -0.15) is 0 Å². The Morgan fingerprint density at radius 2 is 1.96 bits per heavy atom. The van der Waals surface area contributed by atoms with E-state index in [9.17, 15) is 5.11 Å². The second kappa shape index (κ2) is 11.1. The molecule has 0 bridgehead atoms. The third kappa shape index (κ3) is 6.20. The van der Waals surface area contributed by atoms with Crippen LogP contribution in [0.15, 0.2) is 29.3 Å². The number of ether oxygens (including phenoxy) is 1. The number of aliphatic hydroxyl groups is 1. The van der Waals surface area contributed by atoms with E-state index in [0.717, 1.165) is 44.2 Å². The lowest BCUT2D eigenvalue weighted by Crippen LogP contribution is -2.40. The van der Waals surface area contributed by atoms with Crippen LogP contribution in [0.4, 0.5) is 0 Å².